The van der Waals surface area contributed by atoms with Crippen molar-refractivity contribution in [2.24, 2.45) is 0 Å². The number of carbonyl (C=O) groups is 1. The molecule has 0 unspecified atom stereocenters. The average Bonchev–Trinajstić information content (AvgIpc) is 2.91. The third-order valence-corrected chi connectivity index (χ3v) is 4.08. The van der Waals surface area contributed by atoms with Gasteiger partial charge in [0.1, 0.15) is 16.9 Å². The first-order valence-electron chi connectivity index (χ1n) is 7.32. The molecule has 0 atom stereocenters. The van der Waals surface area contributed by atoms with Gasteiger partial charge in [0.25, 0.3) is 0 Å². The molecule has 0 aliphatic rings. The van der Waals surface area contributed by atoms with Crippen LogP contribution in [0, 0.1) is 0 Å². The first-order valence-corrected chi connectivity index (χ1v) is 7.70. The molecule has 0 fully saturated rings. The van der Waals surface area contributed by atoms with Crippen LogP contribution in [0.4, 0.5) is 18.0 Å². The van der Waals surface area contributed by atoms with Gasteiger partial charge in [0, 0.05) is 10.9 Å². The number of rotatable bonds is 2. The van der Waals surface area contributed by atoms with E-state index in [4.69, 9.17) is 11.6 Å². The Bertz CT molecular complexity index is 980. The number of nitrogens with zero attached hydrogens (tertiary/aromatic N) is 2. The summed E-state index contributed by atoms with van der Waals surface area (Å²) < 4.78 is 40.9. The van der Waals surface area contributed by atoms with E-state index in [0.717, 1.165) is 6.07 Å². The standard InChI is InChI=1S/C17H12ClF3N2O2/c1-2-9-3-5-12(17(19,20)21)11(7-9)13-8-10-4-6-14(18)22-15(10)23(13)16(24)25/h3-8H,2H2,1H3,(H,24,25)/p-1. The predicted octanol–water partition coefficient (Wildman–Crippen LogP) is 4.13. The van der Waals surface area contributed by atoms with E-state index in [-0.39, 0.29) is 22.1 Å². The molecule has 0 spiro atoms. The molecule has 8 heteroatoms. The summed E-state index contributed by atoms with van der Waals surface area (Å²) in [6.45, 7) is 1.79. The highest BCUT2D eigenvalue weighted by Gasteiger charge is 2.34. The Morgan fingerprint density at radius 3 is 2.56 bits per heavy atom. The van der Waals surface area contributed by atoms with Gasteiger partial charge in [-0.15, -0.1) is 0 Å². The largest absolute Gasteiger partial charge is 0.529 e. The lowest BCUT2D eigenvalue weighted by molar-refractivity contribution is -0.249. The minimum absolute atomic E-state index is 0.0259. The summed E-state index contributed by atoms with van der Waals surface area (Å²) in [4.78, 5) is 15.5. The first-order chi connectivity index (χ1) is 11.7. The minimum Gasteiger partial charge on any atom is -0.529 e. The first kappa shape index (κ1) is 17.3. The number of halogens is 4. The summed E-state index contributed by atoms with van der Waals surface area (Å²) in [6, 6.07) is 7.90. The average molecular weight is 368 g/mol. The van der Waals surface area contributed by atoms with Gasteiger partial charge in [-0.05, 0) is 42.3 Å². The maximum absolute atomic E-state index is 13.4. The van der Waals surface area contributed by atoms with Crippen LogP contribution < -0.4 is 5.11 Å². The van der Waals surface area contributed by atoms with Crippen LogP contribution in [0.2, 0.25) is 5.15 Å². The lowest BCUT2D eigenvalue weighted by Crippen LogP contribution is -2.29. The highest BCUT2D eigenvalue weighted by atomic mass is 35.5. The molecule has 4 nitrogen and oxygen atoms in total. The lowest BCUT2D eigenvalue weighted by atomic mass is 9.99. The minimum atomic E-state index is -4.64. The fourth-order valence-corrected chi connectivity index (χ4v) is 2.85. The molecule has 3 rings (SSSR count). The highest BCUT2D eigenvalue weighted by Crippen LogP contribution is 2.39. The zero-order chi connectivity index (χ0) is 18.4. The second-order valence-electron chi connectivity index (χ2n) is 5.41. The number of alkyl halides is 3. The molecule has 0 saturated carbocycles. The molecule has 2 heterocycles. The molecule has 0 aliphatic heterocycles. The Morgan fingerprint density at radius 1 is 1.24 bits per heavy atom. The maximum Gasteiger partial charge on any atom is 0.417 e. The van der Waals surface area contributed by atoms with Crippen molar-refractivity contribution in [3.8, 4) is 11.3 Å². The monoisotopic (exact) mass is 367 g/mol. The smallest absolute Gasteiger partial charge is 0.417 e. The zero-order valence-corrected chi connectivity index (χ0v) is 13.6. The Kier molecular flexibility index (Phi) is 4.20. The summed E-state index contributed by atoms with van der Waals surface area (Å²) in [6.07, 6.45) is -5.82. The number of carbonyl (C=O) groups excluding carboxylic acids is 1. The molecule has 0 amide bonds. The van der Waals surface area contributed by atoms with Crippen LogP contribution in [0.3, 0.4) is 0 Å². The number of pyridine rings is 1. The number of fused-ring (bicyclic) bond motifs is 1. The number of hydrogen-bond acceptors (Lipinski definition) is 3. The van der Waals surface area contributed by atoms with Crippen molar-refractivity contribution in [1.29, 1.82) is 0 Å². The van der Waals surface area contributed by atoms with Crippen molar-refractivity contribution in [3.05, 3.63) is 52.7 Å². The molecule has 2 aromatic heterocycles. The fourth-order valence-electron chi connectivity index (χ4n) is 2.71. The molecule has 0 radical (unpaired) electrons. The third kappa shape index (κ3) is 3.07. The van der Waals surface area contributed by atoms with E-state index in [1.165, 1.54) is 30.3 Å². The normalized spacial score (nSPS) is 11.9. The van der Waals surface area contributed by atoms with Crippen LogP contribution in [0.1, 0.15) is 18.1 Å². The van der Waals surface area contributed by atoms with E-state index >= 15 is 0 Å². The Morgan fingerprint density at radius 2 is 1.96 bits per heavy atom. The van der Waals surface area contributed by atoms with Crippen LogP contribution in [-0.2, 0) is 12.6 Å². The van der Waals surface area contributed by atoms with E-state index in [9.17, 15) is 23.1 Å². The van der Waals surface area contributed by atoms with Gasteiger partial charge < -0.3 is 9.90 Å². The number of aromatic nitrogens is 2. The molecule has 25 heavy (non-hydrogen) atoms. The molecular weight excluding hydrogens is 357 g/mol. The topological polar surface area (TPSA) is 58.0 Å². The lowest BCUT2D eigenvalue weighted by Gasteiger charge is -2.17. The van der Waals surface area contributed by atoms with Crippen molar-refractivity contribution >= 4 is 28.7 Å². The molecule has 0 aliphatic carbocycles. The molecule has 0 saturated heterocycles. The van der Waals surface area contributed by atoms with Crippen LogP contribution in [-0.4, -0.2) is 15.6 Å². The predicted molar refractivity (Wildman–Crippen MR) is 85.4 cm³/mol. The van der Waals surface area contributed by atoms with E-state index in [2.05, 4.69) is 4.98 Å². The van der Waals surface area contributed by atoms with Crippen molar-refractivity contribution < 1.29 is 23.1 Å². The second kappa shape index (κ2) is 6.07. The van der Waals surface area contributed by atoms with Crippen LogP contribution in [0.25, 0.3) is 22.3 Å². The van der Waals surface area contributed by atoms with E-state index in [1.807, 2.05) is 0 Å². The Labute approximate surface area is 145 Å². The number of aryl methyl sites for hydroxylation is 1. The van der Waals surface area contributed by atoms with Crippen molar-refractivity contribution in [2.75, 3.05) is 0 Å². The summed E-state index contributed by atoms with van der Waals surface area (Å²) in [5.41, 5.74) is -0.764. The molecular formula is C17H11ClF3N2O2-. The van der Waals surface area contributed by atoms with Gasteiger partial charge in [-0.25, -0.2) is 4.98 Å². The summed E-state index contributed by atoms with van der Waals surface area (Å²) >= 11 is 5.78. The second-order valence-corrected chi connectivity index (χ2v) is 5.80. The quantitative estimate of drug-likeness (QED) is 0.640. The van der Waals surface area contributed by atoms with Crippen molar-refractivity contribution in [3.63, 3.8) is 0 Å². The van der Waals surface area contributed by atoms with Crippen LogP contribution in [0.5, 0.6) is 0 Å². The Hall–Kier alpha value is -2.54. The zero-order valence-electron chi connectivity index (χ0n) is 12.9. The van der Waals surface area contributed by atoms with Gasteiger partial charge >= 0.3 is 6.18 Å². The van der Waals surface area contributed by atoms with Gasteiger partial charge in [0.05, 0.1) is 11.3 Å². The van der Waals surface area contributed by atoms with Crippen LogP contribution in [0.15, 0.2) is 36.4 Å². The van der Waals surface area contributed by atoms with Gasteiger partial charge in [-0.2, -0.15) is 13.2 Å². The SMILES string of the molecule is CCc1ccc(C(F)(F)F)c(-c2cc3ccc(Cl)nc3n2C(=O)[O-])c1. The third-order valence-electron chi connectivity index (χ3n) is 3.87. The van der Waals surface area contributed by atoms with Gasteiger partial charge in [0.2, 0.25) is 0 Å². The van der Waals surface area contributed by atoms with E-state index < -0.39 is 17.8 Å². The van der Waals surface area contributed by atoms with E-state index in [0.29, 0.717) is 21.9 Å². The molecule has 0 N–H and O–H groups in total. The maximum atomic E-state index is 13.4. The van der Waals surface area contributed by atoms with Gasteiger partial charge in [0.15, 0.2) is 0 Å². The molecule has 130 valence electrons. The number of hydrogen-bond donors (Lipinski definition) is 0. The van der Waals surface area contributed by atoms with E-state index in [1.54, 1.807) is 6.92 Å². The summed E-state index contributed by atoms with van der Waals surface area (Å²) in [5, 5.41) is 12.0. The summed E-state index contributed by atoms with van der Waals surface area (Å²) in [7, 11) is 0. The number of benzene rings is 1. The molecule has 3 aromatic rings. The van der Waals surface area contributed by atoms with Gasteiger partial charge in [-0.3, -0.25) is 4.57 Å². The highest BCUT2D eigenvalue weighted by molar-refractivity contribution is 6.29. The van der Waals surface area contributed by atoms with Crippen molar-refractivity contribution in [1.82, 2.24) is 9.55 Å². The number of carboxylic acid groups (broad SMARTS) is 1. The van der Waals surface area contributed by atoms with Gasteiger partial charge in [-0.1, -0.05) is 24.6 Å². The Balaban J connectivity index is 2.40. The summed E-state index contributed by atoms with van der Waals surface area (Å²) in [5.74, 6) is 0. The fraction of sp³-hybridized carbons (Fsp3) is 0.176. The molecule has 1 aromatic carbocycles. The van der Waals surface area contributed by atoms with Crippen LogP contribution >= 0.6 is 11.6 Å². The van der Waals surface area contributed by atoms with Crippen molar-refractivity contribution in [2.45, 2.75) is 19.5 Å². The molecule has 0 bridgehead atoms.